The third kappa shape index (κ3) is 3.56. The highest BCUT2D eigenvalue weighted by Gasteiger charge is 2.54. The average Bonchev–Trinajstić information content (AvgIpc) is 3.08. The second-order valence-electron chi connectivity index (χ2n) is 8.10. The first-order valence-corrected chi connectivity index (χ1v) is 9.47. The maximum absolute atomic E-state index is 12.5. The maximum atomic E-state index is 12.5. The monoisotopic (exact) mass is 380 g/mol. The van der Waals surface area contributed by atoms with E-state index in [1.165, 1.54) is 6.08 Å². The van der Waals surface area contributed by atoms with Crippen LogP contribution in [0.2, 0.25) is 0 Å². The smallest absolute Gasteiger partial charge is 0.334 e. The molecular formula is C20H28O7. The van der Waals surface area contributed by atoms with Crippen LogP contribution in [0.4, 0.5) is 0 Å². The van der Waals surface area contributed by atoms with Gasteiger partial charge in [-0.2, -0.15) is 0 Å². The molecule has 0 unspecified atom stereocenters. The largest absolute Gasteiger partial charge is 0.461 e. The standard InChI is InChI=1S/C20H28O7/c1-5-11(2)17(22)26-15-9-19(4)6-7-20(24,27-19)13(10-21)8-14-16(15)12(3)18(23)25-14/h8,11,14-16,21,24H,3,5-7,9-10H2,1-2,4H3/b13-8-/t11-,14-,15-,16+,19+,20-/m1/s1. The number of fused-ring (bicyclic) bond motifs is 3. The molecule has 0 aromatic rings. The molecule has 2 bridgehead atoms. The second kappa shape index (κ2) is 7.04. The van der Waals surface area contributed by atoms with E-state index in [1.807, 2.05) is 13.8 Å². The van der Waals surface area contributed by atoms with Gasteiger partial charge in [-0.1, -0.05) is 20.4 Å². The van der Waals surface area contributed by atoms with Gasteiger partial charge in [0.1, 0.15) is 12.2 Å². The number of esters is 2. The van der Waals surface area contributed by atoms with Crippen LogP contribution in [0, 0.1) is 11.8 Å². The van der Waals surface area contributed by atoms with Crippen molar-refractivity contribution in [2.45, 2.75) is 70.1 Å². The molecule has 3 aliphatic rings. The minimum absolute atomic E-state index is 0.226. The van der Waals surface area contributed by atoms with Gasteiger partial charge in [0.15, 0.2) is 5.79 Å². The molecule has 7 nitrogen and oxygen atoms in total. The summed E-state index contributed by atoms with van der Waals surface area (Å²) in [5.41, 5.74) is -0.300. The summed E-state index contributed by atoms with van der Waals surface area (Å²) in [5, 5.41) is 20.7. The van der Waals surface area contributed by atoms with E-state index in [-0.39, 0.29) is 23.0 Å². The summed E-state index contributed by atoms with van der Waals surface area (Å²) in [6.45, 7) is 8.93. The predicted molar refractivity (Wildman–Crippen MR) is 95.3 cm³/mol. The Morgan fingerprint density at radius 2 is 2.19 bits per heavy atom. The van der Waals surface area contributed by atoms with Crippen LogP contribution in [-0.4, -0.2) is 52.4 Å². The molecule has 2 saturated heterocycles. The molecule has 0 saturated carbocycles. The zero-order chi connectivity index (χ0) is 20.0. The van der Waals surface area contributed by atoms with Crippen molar-refractivity contribution in [2.75, 3.05) is 6.61 Å². The minimum Gasteiger partial charge on any atom is -0.461 e. The molecule has 0 aromatic heterocycles. The van der Waals surface area contributed by atoms with E-state index >= 15 is 0 Å². The fourth-order valence-corrected chi connectivity index (χ4v) is 4.10. The molecule has 0 aromatic carbocycles. The van der Waals surface area contributed by atoms with E-state index in [0.717, 1.165) is 0 Å². The molecule has 3 aliphatic heterocycles. The van der Waals surface area contributed by atoms with E-state index in [1.54, 1.807) is 6.92 Å². The number of aliphatic hydroxyl groups excluding tert-OH is 1. The molecule has 0 radical (unpaired) electrons. The molecule has 0 amide bonds. The van der Waals surface area contributed by atoms with E-state index in [0.29, 0.717) is 25.7 Å². The van der Waals surface area contributed by atoms with Crippen molar-refractivity contribution in [1.82, 2.24) is 0 Å². The van der Waals surface area contributed by atoms with Gasteiger partial charge in [-0.15, -0.1) is 0 Å². The van der Waals surface area contributed by atoms with Crippen LogP contribution in [0.1, 0.15) is 46.5 Å². The zero-order valence-corrected chi connectivity index (χ0v) is 16.1. The quantitative estimate of drug-likeness (QED) is 0.434. The average molecular weight is 380 g/mol. The van der Waals surface area contributed by atoms with Crippen molar-refractivity contribution < 1.29 is 34.0 Å². The maximum Gasteiger partial charge on any atom is 0.334 e. The molecule has 7 heteroatoms. The Morgan fingerprint density at radius 1 is 1.48 bits per heavy atom. The van der Waals surface area contributed by atoms with Gasteiger partial charge in [0.25, 0.3) is 0 Å². The molecule has 6 atom stereocenters. The number of carbonyl (C=O) groups is 2. The Labute approximate surface area is 159 Å². The molecule has 0 spiro atoms. The number of ether oxygens (including phenoxy) is 3. The molecule has 0 aliphatic carbocycles. The normalized spacial score (nSPS) is 41.5. The van der Waals surface area contributed by atoms with Crippen LogP contribution >= 0.6 is 0 Å². The van der Waals surface area contributed by atoms with Gasteiger partial charge < -0.3 is 24.4 Å². The first-order valence-electron chi connectivity index (χ1n) is 9.47. The summed E-state index contributed by atoms with van der Waals surface area (Å²) in [7, 11) is 0. The molecule has 150 valence electrons. The highest BCUT2D eigenvalue weighted by atomic mass is 16.6. The van der Waals surface area contributed by atoms with E-state index in [4.69, 9.17) is 14.2 Å². The Bertz CT molecular complexity index is 684. The number of carbonyl (C=O) groups excluding carboxylic acids is 2. The number of rotatable bonds is 4. The summed E-state index contributed by atoms with van der Waals surface area (Å²) in [6.07, 6.45) is 1.81. The van der Waals surface area contributed by atoms with Gasteiger partial charge in [0.05, 0.1) is 24.0 Å². The number of hydrogen-bond donors (Lipinski definition) is 2. The van der Waals surface area contributed by atoms with Gasteiger partial charge in [0, 0.05) is 24.0 Å². The molecule has 3 rings (SSSR count). The molecular weight excluding hydrogens is 352 g/mol. The first kappa shape index (κ1) is 20.0. The van der Waals surface area contributed by atoms with Gasteiger partial charge in [-0.05, 0) is 25.8 Å². The van der Waals surface area contributed by atoms with Gasteiger partial charge in [0.2, 0.25) is 0 Å². The SMILES string of the molecule is C=C1C(=O)O[C@@H]2/C=C(/CO)[C@@]3(O)CC[C@@](C)(C[C@@H](OC(=O)[C@H](C)CC)[C@@H]12)O3. The van der Waals surface area contributed by atoms with Crippen LogP contribution in [0.15, 0.2) is 23.8 Å². The minimum atomic E-state index is -1.63. The van der Waals surface area contributed by atoms with Crippen molar-refractivity contribution in [2.24, 2.45) is 11.8 Å². The lowest BCUT2D eigenvalue weighted by Crippen LogP contribution is -2.41. The van der Waals surface area contributed by atoms with Crippen LogP contribution in [0.5, 0.6) is 0 Å². The van der Waals surface area contributed by atoms with E-state index in [9.17, 15) is 19.8 Å². The van der Waals surface area contributed by atoms with Crippen LogP contribution in [0.25, 0.3) is 0 Å². The first-order chi connectivity index (χ1) is 12.6. The van der Waals surface area contributed by atoms with Gasteiger partial charge in [-0.25, -0.2) is 4.79 Å². The molecule has 2 N–H and O–H groups in total. The summed E-state index contributed by atoms with van der Waals surface area (Å²) >= 11 is 0. The number of hydrogen-bond acceptors (Lipinski definition) is 7. The predicted octanol–water partition coefficient (Wildman–Crippen LogP) is 1.62. The molecule has 2 fully saturated rings. The van der Waals surface area contributed by atoms with Crippen LogP contribution in [0.3, 0.4) is 0 Å². The lowest BCUT2D eigenvalue weighted by molar-refractivity contribution is -0.206. The van der Waals surface area contributed by atoms with Gasteiger partial charge >= 0.3 is 11.9 Å². The Balaban J connectivity index is 2.03. The third-order valence-corrected chi connectivity index (χ3v) is 6.02. The van der Waals surface area contributed by atoms with E-state index in [2.05, 4.69) is 6.58 Å². The fraction of sp³-hybridized carbons (Fsp3) is 0.700. The van der Waals surface area contributed by atoms with Crippen LogP contribution < -0.4 is 0 Å². The molecule has 27 heavy (non-hydrogen) atoms. The van der Waals surface area contributed by atoms with Crippen molar-refractivity contribution in [1.29, 1.82) is 0 Å². The summed E-state index contributed by atoms with van der Waals surface area (Å²) < 4.78 is 17.2. The van der Waals surface area contributed by atoms with Crippen molar-refractivity contribution in [3.8, 4) is 0 Å². The zero-order valence-electron chi connectivity index (χ0n) is 16.1. The highest BCUT2D eigenvalue weighted by molar-refractivity contribution is 5.91. The van der Waals surface area contributed by atoms with Crippen LogP contribution in [-0.2, 0) is 23.8 Å². The fourth-order valence-electron chi connectivity index (χ4n) is 4.10. The Kier molecular flexibility index (Phi) is 5.22. The second-order valence-corrected chi connectivity index (χ2v) is 8.10. The third-order valence-electron chi connectivity index (χ3n) is 6.02. The number of aliphatic hydroxyl groups is 2. The Hall–Kier alpha value is -1.70. The Morgan fingerprint density at radius 3 is 2.81 bits per heavy atom. The summed E-state index contributed by atoms with van der Waals surface area (Å²) in [5.74, 6) is -3.40. The van der Waals surface area contributed by atoms with Crippen molar-refractivity contribution in [3.05, 3.63) is 23.8 Å². The van der Waals surface area contributed by atoms with Crippen molar-refractivity contribution >= 4 is 11.9 Å². The topological polar surface area (TPSA) is 102 Å². The van der Waals surface area contributed by atoms with Gasteiger partial charge in [-0.3, -0.25) is 4.79 Å². The van der Waals surface area contributed by atoms with Crippen molar-refractivity contribution in [3.63, 3.8) is 0 Å². The lowest BCUT2D eigenvalue weighted by Gasteiger charge is -2.33. The van der Waals surface area contributed by atoms with E-state index < -0.39 is 42.1 Å². The molecule has 3 heterocycles. The highest BCUT2D eigenvalue weighted by Crippen LogP contribution is 2.47. The lowest BCUT2D eigenvalue weighted by atomic mass is 9.81. The summed E-state index contributed by atoms with van der Waals surface area (Å²) in [4.78, 5) is 24.6. The summed E-state index contributed by atoms with van der Waals surface area (Å²) in [6, 6.07) is 0.